The van der Waals surface area contributed by atoms with Gasteiger partial charge in [0.1, 0.15) is 0 Å². The summed E-state index contributed by atoms with van der Waals surface area (Å²) in [7, 11) is 0. The second-order valence-corrected chi connectivity index (χ2v) is 6.09. The molecule has 19 heavy (non-hydrogen) atoms. The van der Waals surface area contributed by atoms with Crippen LogP contribution in [-0.2, 0) is 6.42 Å². The van der Waals surface area contributed by atoms with Crippen molar-refractivity contribution >= 4 is 0 Å². The van der Waals surface area contributed by atoms with Crippen molar-refractivity contribution in [2.75, 3.05) is 6.54 Å². The number of nitrogens with one attached hydrogen (secondary N) is 1. The van der Waals surface area contributed by atoms with E-state index < -0.39 is 0 Å². The zero-order chi connectivity index (χ0) is 13.3. The third-order valence-electron chi connectivity index (χ3n) is 4.11. The van der Waals surface area contributed by atoms with Gasteiger partial charge in [-0.3, -0.25) is 0 Å². The van der Waals surface area contributed by atoms with Crippen LogP contribution in [0.5, 0.6) is 0 Å². The Bertz CT molecular complexity index is 329. The summed E-state index contributed by atoms with van der Waals surface area (Å²) in [5, 5.41) is 3.72. The molecular formula is C18H29N. The minimum atomic E-state index is 0.819. The van der Waals surface area contributed by atoms with Crippen LogP contribution >= 0.6 is 0 Å². The van der Waals surface area contributed by atoms with E-state index in [4.69, 9.17) is 0 Å². The molecule has 106 valence electrons. The molecular weight excluding hydrogens is 230 g/mol. The third kappa shape index (κ3) is 6.24. The first-order valence-corrected chi connectivity index (χ1v) is 8.15. The Balaban J connectivity index is 1.74. The average molecular weight is 259 g/mol. The van der Waals surface area contributed by atoms with Gasteiger partial charge in [0.25, 0.3) is 0 Å². The van der Waals surface area contributed by atoms with Crippen molar-refractivity contribution < 1.29 is 0 Å². The van der Waals surface area contributed by atoms with Gasteiger partial charge in [-0.25, -0.2) is 0 Å². The van der Waals surface area contributed by atoms with Crippen molar-refractivity contribution in [1.82, 2.24) is 5.32 Å². The van der Waals surface area contributed by atoms with E-state index in [1.54, 1.807) is 0 Å². The molecule has 0 radical (unpaired) electrons. The molecule has 0 spiro atoms. The van der Waals surface area contributed by atoms with Crippen LogP contribution < -0.4 is 5.32 Å². The van der Waals surface area contributed by atoms with Gasteiger partial charge < -0.3 is 5.32 Å². The van der Waals surface area contributed by atoms with Crippen LogP contribution in [-0.4, -0.2) is 12.6 Å². The van der Waals surface area contributed by atoms with E-state index in [9.17, 15) is 0 Å². The summed E-state index contributed by atoms with van der Waals surface area (Å²) in [6, 6.07) is 11.8. The predicted molar refractivity (Wildman–Crippen MR) is 83.4 cm³/mol. The van der Waals surface area contributed by atoms with Gasteiger partial charge >= 0.3 is 0 Å². The molecule has 1 unspecified atom stereocenters. The third-order valence-corrected chi connectivity index (χ3v) is 4.11. The maximum absolute atomic E-state index is 3.72. The molecule has 1 fully saturated rings. The first-order chi connectivity index (χ1) is 9.38. The van der Waals surface area contributed by atoms with E-state index in [0.717, 1.165) is 12.0 Å². The molecule has 0 bridgehead atoms. The van der Waals surface area contributed by atoms with Gasteiger partial charge in [0, 0.05) is 6.04 Å². The summed E-state index contributed by atoms with van der Waals surface area (Å²) >= 11 is 0. The Hall–Kier alpha value is -0.820. The van der Waals surface area contributed by atoms with Gasteiger partial charge in [0.2, 0.25) is 0 Å². The van der Waals surface area contributed by atoms with Gasteiger partial charge in [0.15, 0.2) is 0 Å². The lowest BCUT2D eigenvalue weighted by atomic mass is 9.93. The second-order valence-electron chi connectivity index (χ2n) is 6.09. The predicted octanol–water partition coefficient (Wildman–Crippen LogP) is 4.57. The second kappa shape index (κ2) is 8.37. The smallest absolute Gasteiger partial charge is 0.00683 e. The number of benzene rings is 1. The Morgan fingerprint density at radius 1 is 1.11 bits per heavy atom. The highest BCUT2D eigenvalue weighted by Gasteiger charge is 2.21. The zero-order valence-electron chi connectivity index (χ0n) is 12.4. The zero-order valence-corrected chi connectivity index (χ0v) is 12.4. The normalized spacial score (nSPS) is 16.5. The van der Waals surface area contributed by atoms with E-state index >= 15 is 0 Å². The lowest BCUT2D eigenvalue weighted by molar-refractivity contribution is 0.420. The van der Waals surface area contributed by atoms with Crippen molar-refractivity contribution in [2.45, 2.75) is 64.3 Å². The number of rotatable bonds is 10. The van der Waals surface area contributed by atoms with Crippen molar-refractivity contribution in [3.8, 4) is 0 Å². The first-order valence-electron chi connectivity index (χ1n) is 8.15. The van der Waals surface area contributed by atoms with Crippen molar-refractivity contribution in [2.24, 2.45) is 5.92 Å². The van der Waals surface area contributed by atoms with E-state index in [0.29, 0.717) is 0 Å². The molecule has 1 aliphatic carbocycles. The highest BCUT2D eigenvalue weighted by Crippen LogP contribution is 2.21. The van der Waals surface area contributed by atoms with E-state index in [-0.39, 0.29) is 0 Å². The minimum Gasteiger partial charge on any atom is -0.314 e. The Labute approximate surface area is 118 Å². The molecule has 1 aromatic carbocycles. The van der Waals surface area contributed by atoms with Gasteiger partial charge in [-0.05, 0) is 43.7 Å². The maximum atomic E-state index is 3.72. The monoisotopic (exact) mass is 259 g/mol. The summed E-state index contributed by atoms with van der Waals surface area (Å²) in [4.78, 5) is 0. The summed E-state index contributed by atoms with van der Waals surface area (Å²) in [6.45, 7) is 3.50. The largest absolute Gasteiger partial charge is 0.314 e. The number of unbranched alkanes of at least 4 members (excludes halogenated alkanes) is 3. The van der Waals surface area contributed by atoms with Gasteiger partial charge in [-0.1, -0.05) is 62.9 Å². The van der Waals surface area contributed by atoms with Crippen molar-refractivity contribution in [1.29, 1.82) is 0 Å². The summed E-state index contributed by atoms with van der Waals surface area (Å²) < 4.78 is 0. The molecule has 1 nitrogen and oxygen atoms in total. The summed E-state index contributed by atoms with van der Waals surface area (Å²) in [5.41, 5.74) is 1.50. The number of hydrogen-bond acceptors (Lipinski definition) is 1. The SMILES string of the molecule is CCCCCCC(CNC1CC1)Cc1ccccc1. The fraction of sp³-hybridized carbons (Fsp3) is 0.667. The Morgan fingerprint density at radius 3 is 2.58 bits per heavy atom. The summed E-state index contributed by atoms with van der Waals surface area (Å²) in [6.07, 6.45) is 11.0. The Kier molecular flexibility index (Phi) is 6.43. The lowest BCUT2D eigenvalue weighted by Gasteiger charge is -2.18. The molecule has 2 rings (SSSR count). The molecule has 0 aromatic heterocycles. The highest BCUT2D eigenvalue weighted by molar-refractivity contribution is 5.15. The molecule has 1 saturated carbocycles. The molecule has 0 saturated heterocycles. The minimum absolute atomic E-state index is 0.819. The summed E-state index contributed by atoms with van der Waals surface area (Å²) in [5.74, 6) is 0.819. The van der Waals surface area contributed by atoms with Crippen LogP contribution in [0.4, 0.5) is 0 Å². The van der Waals surface area contributed by atoms with Crippen LogP contribution in [0.25, 0.3) is 0 Å². The van der Waals surface area contributed by atoms with Gasteiger partial charge in [-0.15, -0.1) is 0 Å². The number of hydrogen-bond donors (Lipinski definition) is 1. The quantitative estimate of drug-likeness (QED) is 0.607. The fourth-order valence-corrected chi connectivity index (χ4v) is 2.70. The van der Waals surface area contributed by atoms with Crippen LogP contribution in [0.2, 0.25) is 0 Å². The van der Waals surface area contributed by atoms with E-state index in [2.05, 4.69) is 42.6 Å². The molecule has 1 heteroatoms. The van der Waals surface area contributed by atoms with Crippen molar-refractivity contribution in [3.05, 3.63) is 35.9 Å². The highest BCUT2D eigenvalue weighted by atomic mass is 14.9. The average Bonchev–Trinajstić information content (AvgIpc) is 3.26. The molecule has 1 aliphatic rings. The Morgan fingerprint density at radius 2 is 1.89 bits per heavy atom. The van der Waals surface area contributed by atoms with Crippen LogP contribution in [0, 0.1) is 5.92 Å². The topological polar surface area (TPSA) is 12.0 Å². The van der Waals surface area contributed by atoms with Crippen LogP contribution in [0.3, 0.4) is 0 Å². The van der Waals surface area contributed by atoms with Crippen LogP contribution in [0.15, 0.2) is 30.3 Å². The first kappa shape index (κ1) is 14.6. The van der Waals surface area contributed by atoms with Crippen LogP contribution in [0.1, 0.15) is 57.4 Å². The molecule has 0 aliphatic heterocycles. The molecule has 0 amide bonds. The molecule has 0 heterocycles. The molecule has 1 atom stereocenters. The lowest BCUT2D eigenvalue weighted by Crippen LogP contribution is -2.26. The van der Waals surface area contributed by atoms with E-state index in [1.165, 1.54) is 63.5 Å². The molecule has 1 N–H and O–H groups in total. The van der Waals surface area contributed by atoms with Crippen molar-refractivity contribution in [3.63, 3.8) is 0 Å². The maximum Gasteiger partial charge on any atom is 0.00683 e. The van der Waals surface area contributed by atoms with E-state index in [1.807, 2.05) is 0 Å². The van der Waals surface area contributed by atoms with Gasteiger partial charge in [-0.2, -0.15) is 0 Å². The fourth-order valence-electron chi connectivity index (χ4n) is 2.70. The standard InChI is InChI=1S/C18H29N/c1-2-3-4-6-11-17(15-19-18-12-13-18)14-16-9-7-5-8-10-16/h5,7-10,17-19H,2-4,6,11-15H2,1H3. The van der Waals surface area contributed by atoms with Gasteiger partial charge in [0.05, 0.1) is 0 Å². The molecule has 1 aromatic rings.